The van der Waals surface area contributed by atoms with E-state index in [4.69, 9.17) is 10.9 Å². The second-order valence-electron chi connectivity index (χ2n) is 6.51. The zero-order valence-electron chi connectivity index (χ0n) is 12.4. The first-order chi connectivity index (χ1) is 8.73. The molecule has 1 amide bonds. The lowest BCUT2D eigenvalue weighted by molar-refractivity contribution is -0.131. The quantitative estimate of drug-likeness (QED) is 0.285. The fourth-order valence-electron chi connectivity index (χ4n) is 2.63. The van der Waals surface area contributed by atoms with Gasteiger partial charge in [-0.15, -0.1) is 0 Å². The van der Waals surface area contributed by atoms with E-state index in [0.717, 1.165) is 13.0 Å². The number of nitrogens with one attached hydrogen (secondary N) is 1. The molecule has 1 fully saturated rings. The Labute approximate surface area is 115 Å². The highest BCUT2D eigenvalue weighted by Crippen LogP contribution is 2.41. The largest absolute Gasteiger partial charge is 0.409 e. The van der Waals surface area contributed by atoms with Gasteiger partial charge in [0.05, 0.1) is 0 Å². The molecule has 0 bridgehead atoms. The van der Waals surface area contributed by atoms with Crippen LogP contribution < -0.4 is 11.1 Å². The molecule has 0 aromatic rings. The molecule has 6 nitrogen and oxygen atoms in total. The molecule has 0 atom stereocenters. The summed E-state index contributed by atoms with van der Waals surface area (Å²) in [5.41, 5.74) is 4.86. The molecule has 1 saturated carbocycles. The molecular weight excluding hydrogens is 244 g/mol. The molecule has 19 heavy (non-hydrogen) atoms. The van der Waals surface area contributed by atoms with E-state index < -0.39 is 5.41 Å². The maximum atomic E-state index is 12.3. The van der Waals surface area contributed by atoms with Crippen LogP contribution in [0.25, 0.3) is 0 Å². The molecule has 4 N–H and O–H groups in total. The van der Waals surface area contributed by atoms with Gasteiger partial charge in [0.15, 0.2) is 5.84 Å². The second kappa shape index (κ2) is 5.77. The van der Waals surface area contributed by atoms with E-state index in [-0.39, 0.29) is 17.2 Å². The summed E-state index contributed by atoms with van der Waals surface area (Å²) >= 11 is 0. The van der Waals surface area contributed by atoms with E-state index in [1.807, 2.05) is 14.1 Å². The van der Waals surface area contributed by atoms with E-state index in [1.165, 1.54) is 0 Å². The minimum absolute atomic E-state index is 0.0186. The van der Waals surface area contributed by atoms with Gasteiger partial charge in [0, 0.05) is 13.1 Å². The van der Waals surface area contributed by atoms with Gasteiger partial charge in [-0.3, -0.25) is 4.79 Å². The number of nitrogens with zero attached hydrogens (tertiary/aromatic N) is 2. The summed E-state index contributed by atoms with van der Waals surface area (Å²) in [6, 6.07) is 0. The van der Waals surface area contributed by atoms with Gasteiger partial charge >= 0.3 is 0 Å². The second-order valence-corrected chi connectivity index (χ2v) is 6.51. The van der Waals surface area contributed by atoms with Crippen molar-refractivity contribution in [3.8, 4) is 0 Å². The molecule has 0 aromatic heterocycles. The van der Waals surface area contributed by atoms with Gasteiger partial charge in [-0.2, -0.15) is 0 Å². The maximum absolute atomic E-state index is 12.3. The third kappa shape index (κ3) is 3.59. The smallest absolute Gasteiger partial charge is 0.233 e. The lowest BCUT2D eigenvalue weighted by atomic mass is 9.67. The van der Waals surface area contributed by atoms with Gasteiger partial charge in [-0.05, 0) is 32.4 Å². The minimum atomic E-state index is -0.789. The summed E-state index contributed by atoms with van der Waals surface area (Å²) in [6.07, 6.45) is 2.25. The van der Waals surface area contributed by atoms with Crippen molar-refractivity contribution in [2.75, 3.05) is 27.2 Å². The van der Waals surface area contributed by atoms with Gasteiger partial charge in [0.1, 0.15) is 5.41 Å². The topological polar surface area (TPSA) is 91.0 Å². The number of hydrogen-bond donors (Lipinski definition) is 3. The van der Waals surface area contributed by atoms with E-state index >= 15 is 0 Å². The molecular formula is C13H26N4O2. The Morgan fingerprint density at radius 2 is 2.05 bits per heavy atom. The minimum Gasteiger partial charge on any atom is -0.409 e. The monoisotopic (exact) mass is 270 g/mol. The van der Waals surface area contributed by atoms with Crippen LogP contribution in [0.5, 0.6) is 0 Å². The van der Waals surface area contributed by atoms with E-state index in [1.54, 1.807) is 0 Å². The number of carbonyl (C=O) groups is 1. The highest BCUT2D eigenvalue weighted by atomic mass is 16.4. The molecule has 0 saturated heterocycles. The van der Waals surface area contributed by atoms with Crippen molar-refractivity contribution in [2.45, 2.75) is 33.1 Å². The van der Waals surface area contributed by atoms with Crippen LogP contribution in [-0.4, -0.2) is 49.0 Å². The summed E-state index contributed by atoms with van der Waals surface area (Å²) in [6.45, 7) is 5.66. The van der Waals surface area contributed by atoms with E-state index in [0.29, 0.717) is 19.4 Å². The molecule has 0 heterocycles. The summed E-state index contributed by atoms with van der Waals surface area (Å²) in [4.78, 5) is 14.4. The van der Waals surface area contributed by atoms with Crippen molar-refractivity contribution in [1.82, 2.24) is 10.2 Å². The Morgan fingerprint density at radius 3 is 2.42 bits per heavy atom. The first-order valence-corrected chi connectivity index (χ1v) is 6.64. The molecule has 0 spiro atoms. The number of oxime groups is 1. The fraction of sp³-hybridized carbons (Fsp3) is 0.846. The van der Waals surface area contributed by atoms with Crippen LogP contribution in [0, 0.1) is 10.8 Å². The first-order valence-electron chi connectivity index (χ1n) is 6.64. The summed E-state index contributed by atoms with van der Waals surface area (Å²) < 4.78 is 0. The highest BCUT2D eigenvalue weighted by molar-refractivity contribution is 6.07. The molecule has 0 aromatic carbocycles. The third-order valence-electron chi connectivity index (χ3n) is 3.71. The Bertz CT molecular complexity index is 360. The molecule has 0 unspecified atom stereocenters. The van der Waals surface area contributed by atoms with Crippen LogP contribution in [0.3, 0.4) is 0 Å². The normalized spacial score (nSPS) is 19.1. The Balaban J connectivity index is 2.60. The van der Waals surface area contributed by atoms with Gasteiger partial charge in [0.25, 0.3) is 0 Å². The van der Waals surface area contributed by atoms with Gasteiger partial charge in [0.2, 0.25) is 5.91 Å². The van der Waals surface area contributed by atoms with Crippen molar-refractivity contribution in [1.29, 1.82) is 0 Å². The number of rotatable bonds is 6. The zero-order chi connectivity index (χ0) is 14.7. The lowest BCUT2D eigenvalue weighted by Gasteiger charge is -2.39. The molecule has 1 rings (SSSR count). The molecule has 6 heteroatoms. The first kappa shape index (κ1) is 15.8. The van der Waals surface area contributed by atoms with Crippen molar-refractivity contribution in [3.63, 3.8) is 0 Å². The molecule has 0 aliphatic heterocycles. The van der Waals surface area contributed by atoms with Gasteiger partial charge < -0.3 is 21.2 Å². The maximum Gasteiger partial charge on any atom is 0.233 e. The van der Waals surface area contributed by atoms with Crippen LogP contribution in [0.4, 0.5) is 0 Å². The van der Waals surface area contributed by atoms with Crippen molar-refractivity contribution >= 4 is 11.7 Å². The van der Waals surface area contributed by atoms with Crippen LogP contribution in [0.1, 0.15) is 33.1 Å². The van der Waals surface area contributed by atoms with Crippen LogP contribution in [-0.2, 0) is 4.79 Å². The average molecular weight is 270 g/mol. The fourth-order valence-corrected chi connectivity index (χ4v) is 2.63. The van der Waals surface area contributed by atoms with E-state index in [2.05, 4.69) is 29.2 Å². The molecule has 1 aliphatic carbocycles. The van der Waals surface area contributed by atoms with Crippen molar-refractivity contribution in [3.05, 3.63) is 0 Å². The average Bonchev–Trinajstić information content (AvgIpc) is 2.23. The van der Waals surface area contributed by atoms with E-state index in [9.17, 15) is 4.79 Å². The third-order valence-corrected chi connectivity index (χ3v) is 3.71. The van der Waals surface area contributed by atoms with Crippen molar-refractivity contribution in [2.24, 2.45) is 21.7 Å². The Morgan fingerprint density at radius 1 is 1.47 bits per heavy atom. The van der Waals surface area contributed by atoms with Gasteiger partial charge in [-0.1, -0.05) is 25.4 Å². The molecule has 1 aliphatic rings. The summed E-state index contributed by atoms with van der Waals surface area (Å²) in [7, 11) is 4.01. The SMILES string of the molecule is CN(C)CC(C)(C)CNC(=O)C1(C(N)=NO)CCC1. The predicted octanol–water partition coefficient (Wildman–Crippen LogP) is 0.607. The van der Waals surface area contributed by atoms with Crippen LogP contribution in [0.2, 0.25) is 0 Å². The van der Waals surface area contributed by atoms with Gasteiger partial charge in [-0.25, -0.2) is 0 Å². The predicted molar refractivity (Wildman–Crippen MR) is 75.0 cm³/mol. The highest BCUT2D eigenvalue weighted by Gasteiger charge is 2.48. The number of hydrogen-bond acceptors (Lipinski definition) is 4. The zero-order valence-corrected chi connectivity index (χ0v) is 12.4. The standard InChI is InChI=1S/C13H26N4O2/c1-12(2,9-17(3)4)8-15-11(18)13(6-5-7-13)10(14)16-19/h19H,5-9H2,1-4H3,(H2,14,16)(H,15,18). The summed E-state index contributed by atoms with van der Waals surface area (Å²) in [5.74, 6) is -0.0949. The number of amidine groups is 1. The lowest BCUT2D eigenvalue weighted by Crippen LogP contribution is -2.55. The number of nitrogens with two attached hydrogens (primary N) is 1. The summed E-state index contributed by atoms with van der Waals surface area (Å²) in [5, 5.41) is 14.8. The van der Waals surface area contributed by atoms with Crippen LogP contribution in [0.15, 0.2) is 5.16 Å². The number of amides is 1. The Hall–Kier alpha value is -1.30. The Kier molecular flexibility index (Phi) is 4.79. The molecule has 110 valence electrons. The number of carbonyl (C=O) groups excluding carboxylic acids is 1. The van der Waals surface area contributed by atoms with Crippen molar-refractivity contribution < 1.29 is 10.0 Å². The van der Waals surface area contributed by atoms with Crippen LogP contribution >= 0.6 is 0 Å². The molecule has 0 radical (unpaired) electrons.